The molecule has 1 heterocycles. The topological polar surface area (TPSA) is 24.9 Å². The Morgan fingerprint density at radius 1 is 1.50 bits per heavy atom. The van der Waals surface area contributed by atoms with Crippen molar-refractivity contribution in [1.29, 1.82) is 0 Å². The van der Waals surface area contributed by atoms with E-state index in [1.165, 1.54) is 10.9 Å². The molecule has 2 rings (SSSR count). The van der Waals surface area contributed by atoms with Gasteiger partial charge in [-0.05, 0) is 48.0 Å². The fraction of sp³-hybridized carbons (Fsp3) is 0.308. The number of aromatic nitrogens is 1. The van der Waals surface area contributed by atoms with Crippen LogP contribution in [-0.2, 0) is 6.42 Å². The lowest BCUT2D eigenvalue weighted by Gasteiger charge is -2.15. The van der Waals surface area contributed by atoms with Crippen LogP contribution in [0.4, 0.5) is 4.39 Å². The van der Waals surface area contributed by atoms with Gasteiger partial charge in [-0.3, -0.25) is 0 Å². The Hall–Kier alpha value is -0.780. The summed E-state index contributed by atoms with van der Waals surface area (Å²) in [5.74, 6) is -0.220. The Labute approximate surface area is 118 Å². The van der Waals surface area contributed by atoms with Gasteiger partial charge >= 0.3 is 0 Å². The molecule has 1 aromatic heterocycles. The van der Waals surface area contributed by atoms with E-state index < -0.39 is 0 Å². The summed E-state index contributed by atoms with van der Waals surface area (Å²) in [6, 6.07) is 5.29. The van der Waals surface area contributed by atoms with E-state index >= 15 is 0 Å². The third-order valence-corrected chi connectivity index (χ3v) is 4.70. The van der Waals surface area contributed by atoms with Gasteiger partial charge in [0, 0.05) is 17.1 Å². The second-order valence-corrected chi connectivity index (χ2v) is 6.10. The molecule has 0 radical (unpaired) electrons. The molecule has 1 N–H and O–H groups in total. The number of thiazole rings is 1. The fourth-order valence-electron chi connectivity index (χ4n) is 1.81. The molecule has 18 heavy (non-hydrogen) atoms. The van der Waals surface area contributed by atoms with Crippen molar-refractivity contribution >= 4 is 27.3 Å². The highest BCUT2D eigenvalue weighted by atomic mass is 79.9. The summed E-state index contributed by atoms with van der Waals surface area (Å²) < 4.78 is 14.0. The summed E-state index contributed by atoms with van der Waals surface area (Å²) in [6.07, 6.45) is 2.62. The van der Waals surface area contributed by atoms with Crippen LogP contribution in [0.25, 0.3) is 0 Å². The molecule has 1 unspecified atom stereocenters. The molecule has 1 aromatic carbocycles. The molecule has 0 saturated carbocycles. The first-order chi connectivity index (χ1) is 8.61. The predicted molar refractivity (Wildman–Crippen MR) is 76.5 cm³/mol. The Morgan fingerprint density at radius 3 is 2.89 bits per heavy atom. The van der Waals surface area contributed by atoms with E-state index in [1.807, 2.05) is 26.2 Å². The maximum Gasteiger partial charge on any atom is 0.137 e. The minimum absolute atomic E-state index is 0.161. The minimum Gasteiger partial charge on any atom is -0.312 e. The van der Waals surface area contributed by atoms with Gasteiger partial charge in [0.05, 0.1) is 9.48 Å². The number of hydrogen-bond donors (Lipinski definition) is 1. The lowest BCUT2D eigenvalue weighted by Crippen LogP contribution is -2.18. The average Bonchev–Trinajstić information content (AvgIpc) is 2.78. The Balaban J connectivity index is 2.23. The highest BCUT2D eigenvalue weighted by molar-refractivity contribution is 9.10. The smallest absolute Gasteiger partial charge is 0.137 e. The molecule has 1 atom stereocenters. The molecule has 2 aromatic rings. The average molecular weight is 329 g/mol. The maximum atomic E-state index is 13.5. The van der Waals surface area contributed by atoms with Crippen molar-refractivity contribution in [2.45, 2.75) is 19.4 Å². The van der Waals surface area contributed by atoms with Gasteiger partial charge in [0.25, 0.3) is 0 Å². The number of aryl methyl sites for hydroxylation is 1. The summed E-state index contributed by atoms with van der Waals surface area (Å²) in [6.45, 7) is 1.99. The van der Waals surface area contributed by atoms with Crippen molar-refractivity contribution in [1.82, 2.24) is 10.3 Å². The van der Waals surface area contributed by atoms with Crippen molar-refractivity contribution in [3.05, 3.63) is 50.1 Å². The second kappa shape index (κ2) is 5.91. The van der Waals surface area contributed by atoms with E-state index in [-0.39, 0.29) is 11.9 Å². The third-order valence-electron chi connectivity index (χ3n) is 2.79. The van der Waals surface area contributed by atoms with Crippen molar-refractivity contribution in [3.8, 4) is 0 Å². The Kier molecular flexibility index (Phi) is 4.48. The molecule has 0 aliphatic carbocycles. The largest absolute Gasteiger partial charge is 0.312 e. The SMILES string of the molecule is CNC(Cc1cccc(F)c1Br)c1cnc(C)s1. The molecule has 0 bridgehead atoms. The number of nitrogens with zero attached hydrogens (tertiary/aromatic N) is 1. The van der Waals surface area contributed by atoms with E-state index in [0.29, 0.717) is 4.47 Å². The quantitative estimate of drug-likeness (QED) is 0.921. The summed E-state index contributed by atoms with van der Waals surface area (Å²) in [5, 5.41) is 4.30. The molecule has 0 fully saturated rings. The van der Waals surface area contributed by atoms with Crippen molar-refractivity contribution < 1.29 is 4.39 Å². The van der Waals surface area contributed by atoms with E-state index in [4.69, 9.17) is 0 Å². The van der Waals surface area contributed by atoms with Crippen LogP contribution in [-0.4, -0.2) is 12.0 Å². The van der Waals surface area contributed by atoms with Gasteiger partial charge in [-0.25, -0.2) is 9.37 Å². The molecule has 0 saturated heterocycles. The number of benzene rings is 1. The van der Waals surface area contributed by atoms with Crippen LogP contribution < -0.4 is 5.32 Å². The molecule has 0 amide bonds. The number of nitrogens with one attached hydrogen (secondary N) is 1. The summed E-state index contributed by atoms with van der Waals surface area (Å²) in [5.41, 5.74) is 0.959. The van der Waals surface area contributed by atoms with Crippen molar-refractivity contribution in [2.75, 3.05) is 7.05 Å². The Morgan fingerprint density at radius 2 is 2.28 bits per heavy atom. The summed E-state index contributed by atoms with van der Waals surface area (Å²) in [7, 11) is 1.91. The first-order valence-corrected chi connectivity index (χ1v) is 7.25. The zero-order valence-electron chi connectivity index (χ0n) is 10.2. The first-order valence-electron chi connectivity index (χ1n) is 5.64. The van der Waals surface area contributed by atoms with Crippen LogP contribution in [0.5, 0.6) is 0 Å². The molecule has 0 spiro atoms. The molecular weight excluding hydrogens is 315 g/mol. The highest BCUT2D eigenvalue weighted by Gasteiger charge is 2.15. The van der Waals surface area contributed by atoms with Crippen molar-refractivity contribution in [3.63, 3.8) is 0 Å². The van der Waals surface area contributed by atoms with Crippen LogP contribution in [0.1, 0.15) is 21.5 Å². The standard InChI is InChI=1S/C13H14BrFN2S/c1-8-17-7-12(18-8)11(16-2)6-9-4-3-5-10(15)13(9)14/h3-5,7,11,16H,6H2,1-2H3. The van der Waals surface area contributed by atoms with Crippen LogP contribution in [0.15, 0.2) is 28.9 Å². The molecule has 0 aliphatic rings. The van der Waals surface area contributed by atoms with Gasteiger partial charge in [-0.15, -0.1) is 11.3 Å². The van der Waals surface area contributed by atoms with Crippen LogP contribution in [0.3, 0.4) is 0 Å². The van der Waals surface area contributed by atoms with E-state index in [2.05, 4.69) is 26.2 Å². The van der Waals surface area contributed by atoms with Crippen molar-refractivity contribution in [2.24, 2.45) is 0 Å². The lowest BCUT2D eigenvalue weighted by molar-refractivity contribution is 0.586. The molecular formula is C13H14BrFN2S. The number of halogens is 2. The number of hydrogen-bond acceptors (Lipinski definition) is 3. The number of rotatable bonds is 4. The van der Waals surface area contributed by atoms with E-state index in [1.54, 1.807) is 17.4 Å². The monoisotopic (exact) mass is 328 g/mol. The predicted octanol–water partition coefficient (Wildman–Crippen LogP) is 3.86. The zero-order valence-corrected chi connectivity index (χ0v) is 12.6. The van der Waals surface area contributed by atoms with E-state index in [9.17, 15) is 4.39 Å². The minimum atomic E-state index is -0.220. The van der Waals surface area contributed by atoms with Crippen LogP contribution in [0, 0.1) is 12.7 Å². The molecule has 2 nitrogen and oxygen atoms in total. The molecule has 5 heteroatoms. The number of likely N-dealkylation sites (N-methyl/N-ethyl adjacent to an activating group) is 1. The summed E-state index contributed by atoms with van der Waals surface area (Å²) >= 11 is 4.97. The van der Waals surface area contributed by atoms with E-state index in [0.717, 1.165) is 17.0 Å². The first kappa shape index (κ1) is 13.6. The van der Waals surface area contributed by atoms with Gasteiger partial charge in [0.15, 0.2) is 0 Å². The zero-order chi connectivity index (χ0) is 13.1. The van der Waals surface area contributed by atoms with Gasteiger partial charge < -0.3 is 5.32 Å². The van der Waals surface area contributed by atoms with Crippen LogP contribution in [0.2, 0.25) is 0 Å². The second-order valence-electron chi connectivity index (χ2n) is 4.04. The summed E-state index contributed by atoms with van der Waals surface area (Å²) in [4.78, 5) is 5.43. The van der Waals surface area contributed by atoms with Gasteiger partial charge in [-0.2, -0.15) is 0 Å². The normalized spacial score (nSPS) is 12.7. The lowest BCUT2D eigenvalue weighted by atomic mass is 10.1. The van der Waals surface area contributed by atoms with Gasteiger partial charge in [0.1, 0.15) is 5.82 Å². The fourth-order valence-corrected chi connectivity index (χ4v) is 3.13. The maximum absolute atomic E-state index is 13.5. The van der Waals surface area contributed by atoms with Gasteiger partial charge in [-0.1, -0.05) is 12.1 Å². The highest BCUT2D eigenvalue weighted by Crippen LogP contribution is 2.28. The van der Waals surface area contributed by atoms with Crippen LogP contribution >= 0.6 is 27.3 Å². The van der Waals surface area contributed by atoms with Gasteiger partial charge in [0.2, 0.25) is 0 Å². The molecule has 96 valence electrons. The molecule has 0 aliphatic heterocycles. The third kappa shape index (κ3) is 2.96. The Bertz CT molecular complexity index is 542.